The monoisotopic (exact) mass is 929 g/mol. The van der Waals surface area contributed by atoms with Crippen molar-refractivity contribution in [1.82, 2.24) is 29.7 Å². The number of fused-ring (bicyclic) bond motifs is 6. The summed E-state index contributed by atoms with van der Waals surface area (Å²) in [6.07, 6.45) is 47.7. The molecule has 0 fully saturated rings. The molecule has 1 atom stereocenters. The number of allylic oxidation sites excluding steroid dienone is 1. The second-order valence-electron chi connectivity index (χ2n) is 13.8. The number of imidazole rings is 2. The summed E-state index contributed by atoms with van der Waals surface area (Å²) >= 11 is 0. The number of aliphatic hydroxyl groups excluding tert-OH is 2. The van der Waals surface area contributed by atoms with Gasteiger partial charge in [-0.25, -0.2) is 9.97 Å². The van der Waals surface area contributed by atoms with Crippen LogP contribution in [0.15, 0.2) is 73.7 Å². The Kier molecular flexibility index (Phi) is 39.9. The van der Waals surface area contributed by atoms with Gasteiger partial charge in [0.2, 0.25) is 11.8 Å². The van der Waals surface area contributed by atoms with E-state index in [0.29, 0.717) is 38.2 Å². The van der Waals surface area contributed by atoms with Gasteiger partial charge in [0.1, 0.15) is 24.0 Å². The average molecular weight is 929 g/mol. The molecule has 0 saturated carbocycles. The van der Waals surface area contributed by atoms with Crippen LogP contribution in [0.2, 0.25) is 0 Å². The number of amides is 2. The van der Waals surface area contributed by atoms with Gasteiger partial charge >= 0.3 is 0 Å². The molecule has 1 aliphatic rings. The molecule has 0 aliphatic carbocycles. The van der Waals surface area contributed by atoms with Crippen LogP contribution in [0.4, 0.5) is 0 Å². The van der Waals surface area contributed by atoms with Crippen molar-refractivity contribution >= 4 is 33.6 Å². The fourth-order valence-corrected chi connectivity index (χ4v) is 6.51. The summed E-state index contributed by atoms with van der Waals surface area (Å²) in [7, 11) is 2.00. The Morgan fingerprint density at radius 1 is 0.824 bits per heavy atom. The molecule has 0 unspecified atom stereocenters. The first kappa shape index (κ1) is 66.7. The van der Waals surface area contributed by atoms with Crippen molar-refractivity contribution in [2.24, 2.45) is 11.5 Å². The standard InChI is InChI=1S/C38H46N6O3.C3H7N.C2H5N.5C2H2.2CH4O/c1-6-10-36(45)43(16-8-3)21-35-40-31-15-13-25-18-30-28-14-12-26(17-27(28)23-47-33(30)19-29(25)38(31)42-35)32-20-39-34(41-32)22-44(24(5)9-4)37(46)11-7-2;1-3(2)4;1-2-3;7*1-2/h12-15,17-20,24H,6-11,16,21-23H2,1-5H3,(H,39,41)(H,40,42);1,4H2,2H3;2H,1,3H2;5*1-2H;2*2H,1H3/t24-;;;;;;;;;/m0........./s1. The first-order chi connectivity index (χ1) is 33.0. The Morgan fingerprint density at radius 2 is 1.38 bits per heavy atom. The second kappa shape index (κ2) is 40.6. The highest BCUT2D eigenvalue weighted by Gasteiger charge is 2.23. The zero-order valence-electron chi connectivity index (χ0n) is 41.6. The molecule has 3 aromatic carbocycles. The van der Waals surface area contributed by atoms with E-state index >= 15 is 0 Å². The predicted octanol–water partition coefficient (Wildman–Crippen LogP) is 9.16. The minimum Gasteiger partial charge on any atom is -0.488 e. The van der Waals surface area contributed by atoms with Crippen molar-refractivity contribution in [2.45, 2.75) is 106 Å². The molecule has 68 heavy (non-hydrogen) atoms. The first-order valence-corrected chi connectivity index (χ1v) is 21.6. The number of rotatable bonds is 13. The molecule has 3 heterocycles. The van der Waals surface area contributed by atoms with Crippen LogP contribution in [0.3, 0.4) is 0 Å². The molecule has 366 valence electrons. The normalized spacial score (nSPS) is 9.76. The van der Waals surface area contributed by atoms with Gasteiger partial charge in [-0.1, -0.05) is 59.1 Å². The lowest BCUT2D eigenvalue weighted by Crippen LogP contribution is -2.37. The summed E-state index contributed by atoms with van der Waals surface area (Å²) in [5, 5.41) is 16.1. The molecule has 0 bridgehead atoms. The maximum absolute atomic E-state index is 12.8. The summed E-state index contributed by atoms with van der Waals surface area (Å²) in [6.45, 7) is 20.7. The minimum absolute atomic E-state index is 0.156. The summed E-state index contributed by atoms with van der Waals surface area (Å²) in [4.78, 5) is 45.8. The predicted molar refractivity (Wildman–Crippen MR) is 286 cm³/mol. The molecule has 6 rings (SSSR count). The Labute approximate surface area is 407 Å². The van der Waals surface area contributed by atoms with Crippen LogP contribution in [0.5, 0.6) is 5.75 Å². The molecule has 2 aromatic heterocycles. The number of nitrogens with one attached hydrogen (secondary N) is 2. The molecule has 0 spiro atoms. The number of terminal acetylenes is 5. The van der Waals surface area contributed by atoms with E-state index in [0.717, 1.165) is 114 Å². The van der Waals surface area contributed by atoms with Gasteiger partial charge in [0.05, 0.1) is 36.0 Å². The fraction of sp³-hybridized carbons (Fsp3) is 0.345. The minimum atomic E-state index is 0.156. The molecule has 0 radical (unpaired) electrons. The molecule has 2 amide bonds. The maximum atomic E-state index is 12.8. The van der Waals surface area contributed by atoms with E-state index in [-0.39, 0.29) is 17.9 Å². The lowest BCUT2D eigenvalue weighted by molar-refractivity contribution is -0.134. The Morgan fingerprint density at radius 3 is 1.91 bits per heavy atom. The van der Waals surface area contributed by atoms with Gasteiger partial charge in [0.25, 0.3) is 0 Å². The lowest BCUT2D eigenvalue weighted by Gasteiger charge is -2.27. The highest BCUT2D eigenvalue weighted by atomic mass is 16.5. The van der Waals surface area contributed by atoms with Crippen molar-refractivity contribution in [3.05, 3.63) is 90.9 Å². The van der Waals surface area contributed by atoms with Crippen LogP contribution < -0.4 is 16.2 Å². The van der Waals surface area contributed by atoms with Gasteiger partial charge in [-0.05, 0) is 97.8 Å². The summed E-state index contributed by atoms with van der Waals surface area (Å²) < 4.78 is 6.34. The molecule has 13 nitrogen and oxygen atoms in total. The van der Waals surface area contributed by atoms with E-state index in [9.17, 15) is 9.59 Å². The molecular formula is C55H76N8O5. The highest BCUT2D eigenvalue weighted by Crippen LogP contribution is 2.42. The number of aromatic amines is 2. The number of carbonyl (C=O) groups is 2. The largest absolute Gasteiger partial charge is 0.488 e. The zero-order chi connectivity index (χ0) is 53.4. The number of ether oxygens (including phenoxy) is 1. The summed E-state index contributed by atoms with van der Waals surface area (Å²) in [6, 6.07) is 15.1. The topological polar surface area (TPSA) is 200 Å². The third kappa shape index (κ3) is 21.0. The van der Waals surface area contributed by atoms with Crippen LogP contribution >= 0.6 is 0 Å². The third-order valence-corrected chi connectivity index (χ3v) is 9.21. The number of nitrogens with two attached hydrogens (primary N) is 2. The van der Waals surface area contributed by atoms with E-state index < -0.39 is 0 Å². The zero-order valence-corrected chi connectivity index (χ0v) is 41.6. The SMILES string of the molecule is C#C.C#C.C#C.C#C.C#C.C=C(C)N.C=CN.CCCC(=O)N(CCC)Cc1nc2c(ccc3cc4c(cc32)OCc2cc(-c3cnc(CN(C(=O)CCC)[C@@H](C)CC)[nH]3)ccc2-4)[nH]1.CO.CO. The van der Waals surface area contributed by atoms with Crippen LogP contribution in [0, 0.1) is 64.2 Å². The fourth-order valence-electron chi connectivity index (χ4n) is 6.51. The second-order valence-corrected chi connectivity index (χ2v) is 13.8. The highest BCUT2D eigenvalue weighted by molar-refractivity contribution is 6.07. The Hall–Kier alpha value is -7.86. The Balaban J connectivity index is -0.000000851. The van der Waals surface area contributed by atoms with Crippen LogP contribution in [0.1, 0.15) is 97.3 Å². The van der Waals surface area contributed by atoms with E-state index in [1.165, 1.54) is 6.20 Å². The van der Waals surface area contributed by atoms with Crippen LogP contribution in [-0.4, -0.2) is 78.6 Å². The third-order valence-electron chi connectivity index (χ3n) is 9.21. The number of benzene rings is 3. The summed E-state index contributed by atoms with van der Waals surface area (Å²) in [5.74, 6) is 2.76. The van der Waals surface area contributed by atoms with Gasteiger partial charge < -0.3 is 46.2 Å². The molecule has 1 aliphatic heterocycles. The lowest BCUT2D eigenvalue weighted by atomic mass is 9.92. The summed E-state index contributed by atoms with van der Waals surface area (Å²) in [5.41, 5.74) is 17.3. The average Bonchev–Trinajstić information content (AvgIpc) is 4.04. The van der Waals surface area contributed by atoms with E-state index in [4.69, 9.17) is 25.7 Å². The number of aliphatic hydroxyl groups is 2. The number of H-pyrrole nitrogens is 2. The van der Waals surface area contributed by atoms with Crippen molar-refractivity contribution in [3.63, 3.8) is 0 Å². The van der Waals surface area contributed by atoms with E-state index in [1.807, 2.05) is 29.8 Å². The molecule has 0 saturated heterocycles. The van der Waals surface area contributed by atoms with Gasteiger partial charge in [0.15, 0.2) is 0 Å². The van der Waals surface area contributed by atoms with Gasteiger partial charge in [0, 0.05) is 50.6 Å². The van der Waals surface area contributed by atoms with Crippen molar-refractivity contribution < 1.29 is 24.5 Å². The molecule has 8 N–H and O–H groups in total. The molecule has 13 heteroatoms. The Bertz CT molecular complexity index is 2270. The quantitative estimate of drug-likeness (QED) is 0.0623. The van der Waals surface area contributed by atoms with Gasteiger partial charge in [-0.15, -0.1) is 64.2 Å². The smallest absolute Gasteiger partial charge is 0.223 e. The number of carbonyl (C=O) groups excluding carboxylic acids is 2. The van der Waals surface area contributed by atoms with Crippen molar-refractivity contribution in [2.75, 3.05) is 20.8 Å². The van der Waals surface area contributed by atoms with Gasteiger partial charge in [-0.2, -0.15) is 0 Å². The maximum Gasteiger partial charge on any atom is 0.223 e. The van der Waals surface area contributed by atoms with Crippen molar-refractivity contribution in [3.8, 4) is 92.4 Å². The number of hydrogen-bond donors (Lipinski definition) is 6. The number of nitrogens with zero attached hydrogens (tertiary/aromatic N) is 4. The first-order valence-electron chi connectivity index (χ1n) is 21.6. The van der Waals surface area contributed by atoms with E-state index in [2.05, 4.69) is 161 Å². The van der Waals surface area contributed by atoms with Crippen molar-refractivity contribution in [1.29, 1.82) is 0 Å². The molecule has 5 aromatic rings. The van der Waals surface area contributed by atoms with Crippen LogP contribution in [-0.2, 0) is 29.3 Å². The van der Waals surface area contributed by atoms with Crippen LogP contribution in [0.25, 0.3) is 44.2 Å². The van der Waals surface area contributed by atoms with Gasteiger partial charge in [-0.3, -0.25) is 9.59 Å². The number of aromatic nitrogens is 4. The van der Waals surface area contributed by atoms with E-state index in [1.54, 1.807) is 6.92 Å². The number of hydrogen-bond acceptors (Lipinski definition) is 9. The molecular weight excluding hydrogens is 853 g/mol.